The van der Waals surface area contributed by atoms with E-state index in [-0.39, 0.29) is 0 Å². The maximum atomic E-state index is 2.26. The summed E-state index contributed by atoms with van der Waals surface area (Å²) in [4.78, 5) is 0. The smallest absolute Gasteiger partial charge is 0.201 e. The van der Waals surface area contributed by atoms with E-state index in [1.165, 1.54) is 55.3 Å². The predicted molar refractivity (Wildman–Crippen MR) is 170 cm³/mol. The number of hydrogen-bond donors (Lipinski definition) is 0. The average molecular weight is 521 g/mol. The Balaban J connectivity index is 0.000000161. The molecule has 2 heterocycles. The third-order valence-electron chi connectivity index (χ3n) is 7.39. The highest BCUT2D eigenvalue weighted by atomic mass is 14.9. The molecule has 0 unspecified atom stereocenters. The zero-order chi connectivity index (χ0) is 27.9. The monoisotopic (exact) mass is 520 g/mol. The summed E-state index contributed by atoms with van der Waals surface area (Å²) in [6.07, 6.45) is 6.62. The third-order valence-corrected chi connectivity index (χ3v) is 7.39. The fraction of sp³-hybridized carbons (Fsp3) is 0.105. The number of aryl methyl sites for hydroxylation is 2. The van der Waals surface area contributed by atoms with Gasteiger partial charge in [0.25, 0.3) is 0 Å². The summed E-state index contributed by atoms with van der Waals surface area (Å²) in [7, 11) is 4.21. The molecule has 0 amide bonds. The first-order valence-corrected chi connectivity index (χ1v) is 13.7. The minimum Gasteiger partial charge on any atom is -0.201 e. The maximum absolute atomic E-state index is 2.26. The number of aromatic nitrogens is 2. The lowest BCUT2D eigenvalue weighted by atomic mass is 10.0. The number of nitrogens with zero attached hydrogens (tertiary/aromatic N) is 2. The van der Waals surface area contributed by atoms with Crippen LogP contribution in [0.5, 0.6) is 0 Å². The van der Waals surface area contributed by atoms with Crippen LogP contribution in [0.25, 0.3) is 45.0 Å². The first-order chi connectivity index (χ1) is 19.5. The van der Waals surface area contributed by atoms with Crippen LogP contribution < -0.4 is 9.13 Å². The number of benzene rings is 4. The molecule has 0 aliphatic rings. The summed E-state index contributed by atoms with van der Waals surface area (Å²) in [5.41, 5.74) is 8.78. The van der Waals surface area contributed by atoms with Crippen LogP contribution in [0, 0.1) is 0 Å². The largest absolute Gasteiger partial charge is 0.213 e. The molecule has 4 aromatic carbocycles. The van der Waals surface area contributed by atoms with Crippen LogP contribution in [0.2, 0.25) is 0 Å². The van der Waals surface area contributed by atoms with Crippen LogP contribution in [0.4, 0.5) is 0 Å². The molecule has 0 aliphatic heterocycles. The minimum atomic E-state index is 1.21. The van der Waals surface area contributed by atoms with Crippen molar-refractivity contribution in [3.63, 3.8) is 0 Å². The molecule has 0 bridgehead atoms. The van der Waals surface area contributed by atoms with Gasteiger partial charge in [0, 0.05) is 35.7 Å². The summed E-state index contributed by atoms with van der Waals surface area (Å²) in [6.45, 7) is 4.32. The van der Waals surface area contributed by atoms with Gasteiger partial charge in [0.15, 0.2) is 6.20 Å². The molecule has 2 nitrogen and oxygen atoms in total. The summed E-state index contributed by atoms with van der Waals surface area (Å²) >= 11 is 0. The summed E-state index contributed by atoms with van der Waals surface area (Å²) < 4.78 is 4.41. The fourth-order valence-electron chi connectivity index (χ4n) is 5.02. The second kappa shape index (κ2) is 12.4. The van der Waals surface area contributed by atoms with Crippen molar-refractivity contribution < 1.29 is 9.13 Å². The summed E-state index contributed by atoms with van der Waals surface area (Å²) in [5, 5.41) is 3.83. The van der Waals surface area contributed by atoms with Crippen molar-refractivity contribution in [2.75, 3.05) is 0 Å². The molecule has 0 aliphatic carbocycles. The van der Waals surface area contributed by atoms with Gasteiger partial charge in [-0.1, -0.05) is 91.0 Å². The molecule has 6 rings (SSSR count). The van der Waals surface area contributed by atoms with Gasteiger partial charge in [0.05, 0.1) is 5.39 Å². The summed E-state index contributed by atoms with van der Waals surface area (Å²) in [5.74, 6) is 0. The molecule has 0 fully saturated rings. The Kier molecular flexibility index (Phi) is 8.27. The number of fused-ring (bicyclic) bond motifs is 2. The zero-order valence-corrected chi connectivity index (χ0v) is 23.8. The standard InChI is InChI=1S/2C19H18N/c1-15(16-8-4-3-5-9-16)14-18-13-12-17-10-6-7-11-19(17)20(18)2;1-15(16-8-4-3-5-9-16)14-19-18-11-7-6-10-17(18)12-13-20(19)2/h2*3-14H,1-2H3/q2*+1/b2*15-14+. The molecular weight excluding hydrogens is 484 g/mol. The Morgan fingerprint density at radius 1 is 0.525 bits per heavy atom. The molecule has 0 saturated heterocycles. The van der Waals surface area contributed by atoms with Crippen LogP contribution in [0.1, 0.15) is 36.4 Å². The van der Waals surface area contributed by atoms with E-state index in [0.717, 1.165) is 0 Å². The van der Waals surface area contributed by atoms with Crippen LogP contribution in [0.3, 0.4) is 0 Å². The quantitative estimate of drug-likeness (QED) is 0.206. The third kappa shape index (κ3) is 6.08. The molecule has 0 N–H and O–H groups in total. The maximum Gasteiger partial charge on any atom is 0.213 e. The average Bonchev–Trinajstić information content (AvgIpc) is 3.01. The highest BCUT2D eigenvalue weighted by Gasteiger charge is 2.11. The van der Waals surface area contributed by atoms with Crippen molar-refractivity contribution in [2.24, 2.45) is 14.1 Å². The van der Waals surface area contributed by atoms with E-state index in [4.69, 9.17) is 0 Å². The van der Waals surface area contributed by atoms with Gasteiger partial charge >= 0.3 is 0 Å². The van der Waals surface area contributed by atoms with Crippen LogP contribution in [-0.4, -0.2) is 0 Å². The molecule has 2 heteroatoms. The first kappa shape index (κ1) is 26.8. The first-order valence-electron chi connectivity index (χ1n) is 13.7. The Labute approximate surface area is 237 Å². The van der Waals surface area contributed by atoms with Gasteiger partial charge < -0.3 is 0 Å². The van der Waals surface area contributed by atoms with Gasteiger partial charge in [-0.15, -0.1) is 0 Å². The lowest BCUT2D eigenvalue weighted by molar-refractivity contribution is -0.671. The van der Waals surface area contributed by atoms with Crippen molar-refractivity contribution in [3.8, 4) is 0 Å². The SMILES string of the molecule is C/C(=C\c1c2ccccc2cc[n+]1C)c1ccccc1.C/C(=C\c1ccc2ccccc2[n+]1C)c1ccccc1. The summed E-state index contributed by atoms with van der Waals surface area (Å²) in [6, 6.07) is 44.5. The highest BCUT2D eigenvalue weighted by Crippen LogP contribution is 2.21. The molecule has 2 aromatic heterocycles. The van der Waals surface area contributed by atoms with E-state index in [0.29, 0.717) is 0 Å². The lowest BCUT2D eigenvalue weighted by Crippen LogP contribution is -2.32. The second-order valence-corrected chi connectivity index (χ2v) is 10.2. The topological polar surface area (TPSA) is 7.76 Å². The molecule has 196 valence electrons. The van der Waals surface area contributed by atoms with Crippen LogP contribution in [-0.2, 0) is 14.1 Å². The predicted octanol–water partition coefficient (Wildman–Crippen LogP) is 8.45. The number of hydrogen-bond acceptors (Lipinski definition) is 0. The van der Waals surface area contributed by atoms with Gasteiger partial charge in [0.2, 0.25) is 16.9 Å². The Bertz CT molecular complexity index is 1810. The van der Waals surface area contributed by atoms with Crippen molar-refractivity contribution in [1.82, 2.24) is 0 Å². The highest BCUT2D eigenvalue weighted by molar-refractivity contribution is 5.92. The second-order valence-electron chi connectivity index (χ2n) is 10.2. The van der Waals surface area contributed by atoms with Gasteiger partial charge in [-0.3, -0.25) is 0 Å². The minimum absolute atomic E-state index is 1.21. The van der Waals surface area contributed by atoms with Gasteiger partial charge in [-0.2, -0.15) is 4.57 Å². The van der Waals surface area contributed by atoms with E-state index in [2.05, 4.69) is 177 Å². The van der Waals surface area contributed by atoms with Gasteiger partial charge in [-0.05, 0) is 59.7 Å². The molecule has 6 aromatic rings. The van der Waals surface area contributed by atoms with Gasteiger partial charge in [-0.25, -0.2) is 4.57 Å². The molecule has 0 radical (unpaired) electrons. The van der Waals surface area contributed by atoms with E-state index < -0.39 is 0 Å². The van der Waals surface area contributed by atoms with E-state index >= 15 is 0 Å². The Morgan fingerprint density at radius 3 is 1.75 bits per heavy atom. The van der Waals surface area contributed by atoms with Crippen LogP contribution in [0.15, 0.2) is 134 Å². The van der Waals surface area contributed by atoms with E-state index in [1.54, 1.807) is 0 Å². The van der Waals surface area contributed by atoms with Gasteiger partial charge in [0.1, 0.15) is 14.1 Å². The molecule has 40 heavy (non-hydrogen) atoms. The molecule has 0 saturated carbocycles. The Hall–Kier alpha value is -4.82. The zero-order valence-electron chi connectivity index (χ0n) is 23.8. The molecule has 0 spiro atoms. The van der Waals surface area contributed by atoms with E-state index in [1.807, 2.05) is 6.07 Å². The van der Waals surface area contributed by atoms with Crippen molar-refractivity contribution in [2.45, 2.75) is 13.8 Å². The van der Waals surface area contributed by atoms with Crippen molar-refractivity contribution in [3.05, 3.63) is 156 Å². The fourth-order valence-corrected chi connectivity index (χ4v) is 5.02. The number of para-hydroxylation sites is 1. The molecule has 0 atom stereocenters. The lowest BCUT2D eigenvalue weighted by Gasteiger charge is -2.04. The molecular formula is C38H36N2+2. The van der Waals surface area contributed by atoms with Crippen LogP contribution >= 0.6 is 0 Å². The normalized spacial score (nSPS) is 11.8. The number of pyridine rings is 2. The number of allylic oxidation sites excluding steroid dienone is 2. The van der Waals surface area contributed by atoms with Crippen molar-refractivity contribution >= 4 is 45.0 Å². The van der Waals surface area contributed by atoms with Crippen molar-refractivity contribution in [1.29, 1.82) is 0 Å². The van der Waals surface area contributed by atoms with E-state index in [9.17, 15) is 0 Å². The number of rotatable bonds is 4. The Morgan fingerprint density at radius 2 is 1.07 bits per heavy atom.